The average Bonchev–Trinajstić information content (AvgIpc) is 2.95. The van der Waals surface area contributed by atoms with Gasteiger partial charge in [-0.05, 0) is 51.9 Å². The lowest BCUT2D eigenvalue weighted by Gasteiger charge is -2.31. The molecule has 168 valence electrons. The van der Waals surface area contributed by atoms with E-state index < -0.39 is 34.9 Å². The number of fused-ring (bicyclic) bond motifs is 1. The van der Waals surface area contributed by atoms with E-state index in [0.717, 1.165) is 19.3 Å². The third-order valence-corrected chi connectivity index (χ3v) is 7.13. The summed E-state index contributed by atoms with van der Waals surface area (Å²) in [5.41, 5.74) is -2.12. The van der Waals surface area contributed by atoms with Crippen molar-refractivity contribution >= 4 is 5.97 Å². The Balaban J connectivity index is 1.92. The predicted molar refractivity (Wildman–Crippen MR) is 109 cm³/mol. The monoisotopic (exact) mass is 416 g/mol. The molecule has 0 aliphatic heterocycles. The fourth-order valence-corrected chi connectivity index (χ4v) is 5.25. The van der Waals surface area contributed by atoms with Crippen LogP contribution in [0.5, 0.6) is 0 Å². The number of allylic oxidation sites excluding steroid dienone is 2. The second kappa shape index (κ2) is 9.86. The van der Waals surface area contributed by atoms with Crippen LogP contribution in [0.1, 0.15) is 84.5 Å². The minimum atomic E-state index is -2.75. The maximum absolute atomic E-state index is 14.7. The van der Waals surface area contributed by atoms with Crippen molar-refractivity contribution < 1.29 is 28.5 Å². The number of carbonyl (C=O) groups is 1. The highest BCUT2D eigenvalue weighted by molar-refractivity contribution is 5.69. The Labute approximate surface area is 173 Å². The molecule has 4 nitrogen and oxygen atoms in total. The van der Waals surface area contributed by atoms with Gasteiger partial charge in [0.2, 0.25) is 0 Å². The third-order valence-electron chi connectivity index (χ3n) is 7.13. The van der Waals surface area contributed by atoms with Gasteiger partial charge in [0.15, 0.2) is 0 Å². The van der Waals surface area contributed by atoms with Gasteiger partial charge in [0.25, 0.3) is 5.92 Å². The van der Waals surface area contributed by atoms with Crippen molar-refractivity contribution in [1.29, 1.82) is 0 Å². The van der Waals surface area contributed by atoms with Crippen LogP contribution in [0, 0.1) is 17.3 Å². The minimum absolute atomic E-state index is 0.145. The van der Waals surface area contributed by atoms with E-state index in [1.165, 1.54) is 7.11 Å². The second-order valence-corrected chi connectivity index (χ2v) is 9.25. The lowest BCUT2D eigenvalue weighted by Crippen LogP contribution is -2.33. The van der Waals surface area contributed by atoms with Gasteiger partial charge in [-0.2, -0.15) is 0 Å². The van der Waals surface area contributed by atoms with Gasteiger partial charge in [-0.1, -0.05) is 38.3 Å². The maximum atomic E-state index is 14.7. The van der Waals surface area contributed by atoms with Gasteiger partial charge in [-0.15, -0.1) is 0 Å². The van der Waals surface area contributed by atoms with Crippen molar-refractivity contribution in [3.05, 3.63) is 12.2 Å². The Kier molecular flexibility index (Phi) is 8.25. The number of aliphatic hydroxyl groups is 2. The van der Waals surface area contributed by atoms with Crippen LogP contribution in [0.3, 0.4) is 0 Å². The topological polar surface area (TPSA) is 66.8 Å². The Bertz CT molecular complexity index is 575. The molecule has 2 fully saturated rings. The van der Waals surface area contributed by atoms with Crippen LogP contribution in [0.25, 0.3) is 0 Å². The zero-order valence-corrected chi connectivity index (χ0v) is 18.1. The van der Waals surface area contributed by atoms with Gasteiger partial charge < -0.3 is 14.9 Å². The fraction of sp³-hybridized carbons (Fsp3) is 0.870. The molecule has 2 rings (SSSR count). The highest BCUT2D eigenvalue weighted by Gasteiger charge is 2.85. The van der Waals surface area contributed by atoms with Crippen molar-refractivity contribution in [2.75, 3.05) is 7.11 Å². The molecule has 2 N–H and O–H groups in total. The third kappa shape index (κ3) is 5.38. The zero-order valence-electron chi connectivity index (χ0n) is 18.1. The van der Waals surface area contributed by atoms with E-state index >= 15 is 0 Å². The molecule has 2 aliphatic rings. The van der Waals surface area contributed by atoms with Crippen LogP contribution < -0.4 is 0 Å². The minimum Gasteiger partial charge on any atom is -0.469 e. The van der Waals surface area contributed by atoms with Crippen molar-refractivity contribution in [2.24, 2.45) is 17.3 Å². The maximum Gasteiger partial charge on any atom is 0.305 e. The standard InChI is InChI=1S/C23H38F2O4/c1-4-5-10-13-21(2,28)14-15-22-17(18(26)16-19(22)23(22,24)25)11-8-6-7-9-12-20(27)29-3/h6,8,17-19,26,28H,4-5,7,9-16H2,1-3H3/b8-6-/t17-,18-,19-,21?,22+/m0/s1. The Hall–Kier alpha value is -1.01. The summed E-state index contributed by atoms with van der Waals surface area (Å²) in [6, 6.07) is 0. The molecule has 0 radical (unpaired) electrons. The summed E-state index contributed by atoms with van der Waals surface area (Å²) in [6.07, 6.45) is 9.47. The number of unbranched alkanes of at least 4 members (excludes halogenated alkanes) is 3. The van der Waals surface area contributed by atoms with Crippen LogP contribution in [-0.2, 0) is 9.53 Å². The number of hydrogen-bond donors (Lipinski definition) is 2. The smallest absolute Gasteiger partial charge is 0.305 e. The van der Waals surface area contributed by atoms with E-state index in [-0.39, 0.29) is 18.8 Å². The van der Waals surface area contributed by atoms with Gasteiger partial charge >= 0.3 is 5.97 Å². The number of methoxy groups -OCH3 is 1. The molecular weight excluding hydrogens is 378 g/mol. The molecule has 6 heteroatoms. The quantitative estimate of drug-likeness (QED) is 0.251. The van der Waals surface area contributed by atoms with Crippen LogP contribution in [0.2, 0.25) is 0 Å². The first-order chi connectivity index (χ1) is 13.6. The van der Waals surface area contributed by atoms with Crippen LogP contribution in [0.4, 0.5) is 8.78 Å². The SMILES string of the molecule is CCCCCC(C)(O)CC[C@]12[C@H](C[C@H](O)[C@@H]1C/C=C\CCCC(=O)OC)C2(F)F. The molecule has 0 amide bonds. The van der Waals surface area contributed by atoms with E-state index in [2.05, 4.69) is 11.7 Å². The Morgan fingerprint density at radius 2 is 1.97 bits per heavy atom. The largest absolute Gasteiger partial charge is 0.469 e. The van der Waals surface area contributed by atoms with Crippen LogP contribution in [0.15, 0.2) is 12.2 Å². The molecule has 0 saturated heterocycles. The van der Waals surface area contributed by atoms with Gasteiger partial charge in [0, 0.05) is 23.7 Å². The van der Waals surface area contributed by atoms with E-state index in [1.54, 1.807) is 6.92 Å². The lowest BCUT2D eigenvalue weighted by atomic mass is 9.78. The number of alkyl halides is 2. The summed E-state index contributed by atoms with van der Waals surface area (Å²) < 4.78 is 34.0. The summed E-state index contributed by atoms with van der Waals surface area (Å²) in [7, 11) is 1.35. The van der Waals surface area contributed by atoms with E-state index in [9.17, 15) is 23.8 Å². The summed E-state index contributed by atoms with van der Waals surface area (Å²) in [6.45, 7) is 3.84. The van der Waals surface area contributed by atoms with Crippen molar-refractivity contribution in [2.45, 2.75) is 102 Å². The molecule has 0 heterocycles. The number of hydrogen-bond acceptors (Lipinski definition) is 4. The highest BCUT2D eigenvalue weighted by Crippen LogP contribution is 2.78. The molecule has 5 atom stereocenters. The van der Waals surface area contributed by atoms with Crippen LogP contribution >= 0.6 is 0 Å². The Morgan fingerprint density at radius 1 is 1.24 bits per heavy atom. The molecule has 0 bridgehead atoms. The number of ether oxygens (including phenoxy) is 1. The normalized spacial score (nSPS) is 32.2. The first-order valence-corrected chi connectivity index (χ1v) is 11.1. The number of esters is 1. The van der Waals surface area contributed by atoms with Crippen LogP contribution in [-0.4, -0.2) is 40.9 Å². The number of carbonyl (C=O) groups excluding carboxylic acids is 1. The lowest BCUT2D eigenvalue weighted by molar-refractivity contribution is -0.140. The number of aliphatic hydroxyl groups excluding tert-OH is 1. The van der Waals surface area contributed by atoms with E-state index in [1.807, 2.05) is 12.2 Å². The molecule has 1 unspecified atom stereocenters. The summed E-state index contributed by atoms with van der Waals surface area (Å²) >= 11 is 0. The first-order valence-electron chi connectivity index (χ1n) is 11.1. The van der Waals surface area contributed by atoms with Crippen molar-refractivity contribution in [3.8, 4) is 0 Å². The first kappa shape index (κ1) is 24.3. The molecule has 0 aromatic carbocycles. The summed E-state index contributed by atoms with van der Waals surface area (Å²) in [5.74, 6) is -4.26. The summed E-state index contributed by atoms with van der Waals surface area (Å²) in [4.78, 5) is 11.1. The molecule has 2 saturated carbocycles. The molecule has 0 aromatic rings. The highest BCUT2D eigenvalue weighted by atomic mass is 19.3. The number of halogens is 2. The Morgan fingerprint density at radius 3 is 2.62 bits per heavy atom. The fourth-order valence-electron chi connectivity index (χ4n) is 5.25. The van der Waals surface area contributed by atoms with E-state index in [0.29, 0.717) is 38.5 Å². The van der Waals surface area contributed by atoms with Crippen molar-refractivity contribution in [3.63, 3.8) is 0 Å². The molecule has 2 aliphatic carbocycles. The average molecular weight is 417 g/mol. The van der Waals surface area contributed by atoms with Gasteiger partial charge in [0.1, 0.15) is 0 Å². The predicted octanol–water partition coefficient (Wildman–Crippen LogP) is 5.02. The molecular formula is C23H38F2O4. The van der Waals surface area contributed by atoms with Crippen molar-refractivity contribution in [1.82, 2.24) is 0 Å². The molecule has 0 spiro atoms. The summed E-state index contributed by atoms with van der Waals surface area (Å²) in [5, 5.41) is 21.0. The van der Waals surface area contributed by atoms with Gasteiger partial charge in [0.05, 0.1) is 18.8 Å². The molecule has 29 heavy (non-hydrogen) atoms. The zero-order chi connectivity index (χ0) is 21.7. The van der Waals surface area contributed by atoms with E-state index in [4.69, 9.17) is 0 Å². The second-order valence-electron chi connectivity index (χ2n) is 9.25. The molecule has 0 aromatic heterocycles. The number of rotatable bonds is 13. The van der Waals surface area contributed by atoms with Gasteiger partial charge in [-0.3, -0.25) is 4.79 Å². The van der Waals surface area contributed by atoms with Gasteiger partial charge in [-0.25, -0.2) is 8.78 Å².